The Labute approximate surface area is 411 Å². The molecule has 0 bridgehead atoms. The second-order valence-corrected chi connectivity index (χ2v) is 21.6. The van der Waals surface area contributed by atoms with Crippen LogP contribution in [0.15, 0.2) is 12.7 Å². The van der Waals surface area contributed by atoms with Crippen LogP contribution in [0.25, 0.3) is 0 Å². The Morgan fingerprint density at radius 3 is 2.04 bits per heavy atom. The van der Waals surface area contributed by atoms with Crippen LogP contribution in [-0.2, 0) is 42.8 Å². The number of nitrogens with one attached hydrogen (secondary N) is 2. The Balaban J connectivity index is 0.000000622. The standard InChI is InChI=1S/C38H72N2O12.C12H18N2O3/c1-15-27-38(10,46)31(42)24(6)40(13)19-20(2)17-36(8,45)33(52-35-29(41)26(39(11)12)16-21(3)48-35)22(4)30(23(5)34(44)50-27)51-28-18-37(9,47-14)32(43)25(7)49-28;1-4-6-8(3)12(7-5-2)9(15)13-11(17)14-10(12)16/h20-33,35,41-43,45-46H,15-19H2,1-14H3;5,8H,2,4,6-7H2,1,3H3,(H2,13,14,15,16,17)/t20-,21-,22+,23-,24-,25+,26+,27-,28+,29-,30+,31-,32+,33-,35+,36-,37-,38-;/m1./s1. The Bertz CT molecular complexity index is 1700. The van der Waals surface area contributed by atoms with Gasteiger partial charge >= 0.3 is 12.0 Å². The molecule has 0 aromatic carbocycles. The topological polar surface area (TPSA) is 255 Å². The lowest BCUT2D eigenvalue weighted by Gasteiger charge is -2.48. The quantitative estimate of drug-likeness (QED) is 0.0842. The van der Waals surface area contributed by atoms with Gasteiger partial charge in [0.2, 0.25) is 11.8 Å². The van der Waals surface area contributed by atoms with Crippen LogP contribution in [0.1, 0.15) is 128 Å². The van der Waals surface area contributed by atoms with Crippen molar-refractivity contribution in [3.63, 3.8) is 0 Å². The summed E-state index contributed by atoms with van der Waals surface area (Å²) in [5, 5.41) is 62.5. The van der Waals surface area contributed by atoms with Gasteiger partial charge < -0.3 is 63.8 Å². The number of esters is 1. The molecule has 19 atom stereocenters. The second-order valence-electron chi connectivity index (χ2n) is 21.6. The number of amides is 4. The van der Waals surface area contributed by atoms with Gasteiger partial charge in [-0.3, -0.25) is 25.0 Å². The third-order valence-electron chi connectivity index (χ3n) is 15.5. The minimum Gasteiger partial charge on any atom is -0.459 e. The zero-order valence-electron chi connectivity index (χ0n) is 44.4. The van der Waals surface area contributed by atoms with E-state index in [4.69, 9.17) is 28.4 Å². The summed E-state index contributed by atoms with van der Waals surface area (Å²) >= 11 is 0. The fourth-order valence-electron chi connectivity index (χ4n) is 11.0. The van der Waals surface area contributed by atoms with E-state index in [1.165, 1.54) is 14.0 Å². The molecule has 4 aliphatic rings. The van der Waals surface area contributed by atoms with Crippen LogP contribution in [0.3, 0.4) is 0 Å². The molecule has 19 heteroatoms. The number of rotatable bonds is 12. The van der Waals surface area contributed by atoms with Crippen molar-refractivity contribution in [3.05, 3.63) is 12.7 Å². The fraction of sp³-hybridized carbons (Fsp3) is 0.880. The average Bonchev–Trinajstić information content (AvgIpc) is 3.26. The molecule has 4 heterocycles. The van der Waals surface area contributed by atoms with Crippen LogP contribution in [0, 0.1) is 29.1 Å². The maximum absolute atomic E-state index is 14.2. The molecule has 400 valence electrons. The lowest BCUT2D eigenvalue weighted by Crippen LogP contribution is -2.64. The number of allylic oxidation sites excluding steroid dienone is 1. The number of imide groups is 2. The minimum absolute atomic E-state index is 0.133. The maximum Gasteiger partial charge on any atom is 0.328 e. The van der Waals surface area contributed by atoms with E-state index in [-0.39, 0.29) is 49.7 Å². The van der Waals surface area contributed by atoms with Crippen molar-refractivity contribution in [1.82, 2.24) is 20.4 Å². The molecule has 4 fully saturated rings. The Kier molecular flexibility index (Phi) is 21.8. The molecular formula is C50H90N4O15. The predicted molar refractivity (Wildman–Crippen MR) is 257 cm³/mol. The number of carbonyl (C=O) groups excluding carboxylic acids is 4. The fourth-order valence-corrected chi connectivity index (χ4v) is 11.0. The van der Waals surface area contributed by atoms with Crippen molar-refractivity contribution in [2.45, 2.75) is 218 Å². The van der Waals surface area contributed by atoms with Crippen molar-refractivity contribution >= 4 is 23.8 Å². The van der Waals surface area contributed by atoms with Gasteiger partial charge in [-0.05, 0) is 114 Å². The molecular weight excluding hydrogens is 897 g/mol. The Hall–Kier alpha value is -2.66. The Morgan fingerprint density at radius 1 is 0.928 bits per heavy atom. The van der Waals surface area contributed by atoms with Gasteiger partial charge in [0.1, 0.15) is 35.4 Å². The predicted octanol–water partition coefficient (Wildman–Crippen LogP) is 3.25. The van der Waals surface area contributed by atoms with Crippen LogP contribution in [0.2, 0.25) is 0 Å². The number of cyclic esters (lactones) is 1. The van der Waals surface area contributed by atoms with Gasteiger partial charge in [-0.15, -0.1) is 6.58 Å². The summed E-state index contributed by atoms with van der Waals surface area (Å²) in [5.74, 6) is -3.77. The molecule has 69 heavy (non-hydrogen) atoms. The summed E-state index contributed by atoms with van der Waals surface area (Å²) in [6, 6.07) is -1.55. The molecule has 4 rings (SSSR count). The van der Waals surface area contributed by atoms with Gasteiger partial charge in [0.05, 0.1) is 41.5 Å². The van der Waals surface area contributed by atoms with Gasteiger partial charge in [-0.2, -0.15) is 0 Å². The number of carbonyl (C=O) groups is 4. The highest BCUT2D eigenvalue weighted by Gasteiger charge is 2.54. The average molecular weight is 987 g/mol. The van der Waals surface area contributed by atoms with Crippen molar-refractivity contribution in [2.75, 3.05) is 34.8 Å². The molecule has 19 nitrogen and oxygen atoms in total. The number of nitrogens with zero attached hydrogens (tertiary/aromatic N) is 2. The summed E-state index contributed by atoms with van der Waals surface area (Å²) < 4.78 is 37.5. The maximum atomic E-state index is 14.2. The first kappa shape index (κ1) is 60.6. The number of urea groups is 1. The molecule has 0 aromatic rings. The summed E-state index contributed by atoms with van der Waals surface area (Å²) in [6.07, 6.45) is -4.80. The SMILES string of the molecule is C=CCC1(C(C)CCC)C(=O)NC(=O)NC1=O.CC[C@H]1OC(=O)[C@H](C)[C@@H](O[C@H]2C[C@@](C)(OC)[C@@H](O)[C@H](C)O2)[C@H](C)[C@@H](O[C@@H]2O[C@H](C)C[C@H](N(C)C)[C@H]2O)[C@](C)(O)C[C@@H](C)CN(C)[C@H](C)[C@@H](O)[C@]1(C)O. The number of barbiturate groups is 1. The van der Waals surface area contributed by atoms with E-state index < -0.39 is 119 Å². The van der Waals surface area contributed by atoms with E-state index in [9.17, 15) is 44.7 Å². The summed E-state index contributed by atoms with van der Waals surface area (Å²) in [7, 11) is 7.12. The highest BCUT2D eigenvalue weighted by molar-refractivity contribution is 6.19. The van der Waals surface area contributed by atoms with Gasteiger partial charge in [0.25, 0.3) is 0 Å². The van der Waals surface area contributed by atoms with Crippen LogP contribution in [-0.4, -0.2) is 184 Å². The highest BCUT2D eigenvalue weighted by atomic mass is 16.7. The molecule has 0 aromatic heterocycles. The number of ether oxygens (including phenoxy) is 6. The van der Waals surface area contributed by atoms with E-state index in [0.717, 1.165) is 12.8 Å². The van der Waals surface area contributed by atoms with Gasteiger partial charge in [0, 0.05) is 38.1 Å². The number of aliphatic hydroxyl groups is 5. The van der Waals surface area contributed by atoms with Gasteiger partial charge in [0.15, 0.2) is 12.6 Å². The molecule has 0 saturated carbocycles. The number of methoxy groups -OCH3 is 1. The van der Waals surface area contributed by atoms with E-state index in [1.807, 2.05) is 65.6 Å². The lowest BCUT2D eigenvalue weighted by atomic mass is 9.69. The zero-order chi connectivity index (χ0) is 52.7. The van der Waals surface area contributed by atoms with E-state index in [2.05, 4.69) is 17.2 Å². The number of aliphatic hydroxyl groups excluding tert-OH is 3. The van der Waals surface area contributed by atoms with Crippen LogP contribution < -0.4 is 10.6 Å². The van der Waals surface area contributed by atoms with Crippen molar-refractivity contribution in [1.29, 1.82) is 0 Å². The molecule has 4 saturated heterocycles. The van der Waals surface area contributed by atoms with E-state index >= 15 is 0 Å². The molecule has 0 spiro atoms. The van der Waals surface area contributed by atoms with Crippen LogP contribution in [0.4, 0.5) is 4.79 Å². The normalized spacial score (nSPS) is 42.4. The van der Waals surface area contributed by atoms with E-state index in [1.54, 1.807) is 47.6 Å². The van der Waals surface area contributed by atoms with E-state index in [0.29, 0.717) is 13.0 Å². The van der Waals surface area contributed by atoms with Crippen molar-refractivity contribution in [2.24, 2.45) is 29.1 Å². The van der Waals surface area contributed by atoms with Gasteiger partial charge in [-0.25, -0.2) is 4.79 Å². The highest BCUT2D eigenvalue weighted by Crippen LogP contribution is 2.41. The van der Waals surface area contributed by atoms with Crippen LogP contribution in [0.5, 0.6) is 0 Å². The molecule has 4 aliphatic heterocycles. The molecule has 4 amide bonds. The van der Waals surface area contributed by atoms with Crippen molar-refractivity contribution < 1.29 is 73.1 Å². The van der Waals surface area contributed by atoms with Gasteiger partial charge in [-0.1, -0.05) is 47.1 Å². The molecule has 7 N–H and O–H groups in total. The monoisotopic (exact) mass is 987 g/mol. The summed E-state index contributed by atoms with van der Waals surface area (Å²) in [6.45, 7) is 25.5. The Morgan fingerprint density at radius 2 is 1.52 bits per heavy atom. The zero-order valence-corrected chi connectivity index (χ0v) is 44.4. The molecule has 1 unspecified atom stereocenters. The second kappa shape index (κ2) is 24.8. The first-order chi connectivity index (χ1) is 31.9. The molecule has 0 radical (unpaired) electrons. The largest absolute Gasteiger partial charge is 0.459 e. The number of likely N-dealkylation sites (N-methyl/N-ethyl adjacent to an activating group) is 2. The minimum atomic E-state index is -1.80. The smallest absolute Gasteiger partial charge is 0.328 e. The number of hydrogen-bond acceptors (Lipinski definition) is 17. The third-order valence-corrected chi connectivity index (χ3v) is 15.5. The van der Waals surface area contributed by atoms with Crippen LogP contribution >= 0.6 is 0 Å². The summed E-state index contributed by atoms with van der Waals surface area (Å²) in [4.78, 5) is 53.1. The number of hydrogen-bond donors (Lipinski definition) is 7. The summed E-state index contributed by atoms with van der Waals surface area (Å²) in [5.41, 5.74) is -5.58. The molecule has 0 aliphatic carbocycles. The third kappa shape index (κ3) is 13.9. The first-order valence-corrected chi connectivity index (χ1v) is 24.9. The van der Waals surface area contributed by atoms with Crippen molar-refractivity contribution in [3.8, 4) is 0 Å². The lowest BCUT2D eigenvalue weighted by molar-refractivity contribution is -0.318. The first-order valence-electron chi connectivity index (χ1n) is 24.9.